The molecule has 0 spiro atoms. The molecule has 1 aliphatic rings. The first-order chi connectivity index (χ1) is 5.19. The van der Waals surface area contributed by atoms with Gasteiger partial charge in [0, 0.05) is 11.8 Å². The van der Waals surface area contributed by atoms with E-state index in [2.05, 4.69) is 5.32 Å². The van der Waals surface area contributed by atoms with E-state index in [1.807, 2.05) is 5.18 Å². The minimum absolute atomic E-state index is 0.357. The second-order valence-electron chi connectivity index (χ2n) is 3.19. The van der Waals surface area contributed by atoms with Gasteiger partial charge in [-0.15, -0.1) is 0 Å². The standard InChI is InChI=1S/C7H14N2O2/c1-6(9-11)7(10)2-4-8-5-3-7/h6,8,10H,2-5H2,1H3/p+1. The van der Waals surface area contributed by atoms with Crippen LogP contribution in [0.5, 0.6) is 0 Å². The van der Waals surface area contributed by atoms with Gasteiger partial charge in [0.15, 0.2) is 0 Å². The van der Waals surface area contributed by atoms with E-state index in [0.29, 0.717) is 12.8 Å². The Bertz CT molecular complexity index is 143. The number of hydrogen-bond acceptors (Lipinski definition) is 3. The van der Waals surface area contributed by atoms with Crippen LogP contribution in [0.25, 0.3) is 0 Å². The van der Waals surface area contributed by atoms with Crippen molar-refractivity contribution in [2.75, 3.05) is 13.1 Å². The molecule has 4 heteroatoms. The van der Waals surface area contributed by atoms with E-state index in [9.17, 15) is 10.0 Å². The fourth-order valence-electron chi connectivity index (χ4n) is 1.40. The van der Waals surface area contributed by atoms with Crippen LogP contribution in [-0.4, -0.2) is 29.8 Å². The molecule has 0 bridgehead atoms. The van der Waals surface area contributed by atoms with Gasteiger partial charge in [-0.3, -0.25) is 0 Å². The molecule has 0 aromatic rings. The molecule has 64 valence electrons. The van der Waals surface area contributed by atoms with Crippen molar-refractivity contribution in [3.63, 3.8) is 0 Å². The Labute approximate surface area is 66.0 Å². The Hall–Kier alpha value is -0.480. The summed E-state index contributed by atoms with van der Waals surface area (Å²) in [4.78, 5) is 10.3. The maximum atomic E-state index is 10.3. The molecule has 0 aromatic heterocycles. The van der Waals surface area contributed by atoms with Crippen molar-refractivity contribution in [3.05, 3.63) is 4.91 Å². The summed E-state index contributed by atoms with van der Waals surface area (Å²) in [5, 5.41) is 14.8. The van der Waals surface area contributed by atoms with E-state index in [4.69, 9.17) is 0 Å². The van der Waals surface area contributed by atoms with Crippen LogP contribution in [-0.2, 0) is 0 Å². The normalized spacial score (nSPS) is 26.0. The zero-order valence-electron chi connectivity index (χ0n) is 6.76. The van der Waals surface area contributed by atoms with E-state index >= 15 is 0 Å². The zero-order chi connectivity index (χ0) is 8.32. The molecule has 0 radical (unpaired) electrons. The summed E-state index contributed by atoms with van der Waals surface area (Å²) < 4.78 is 0. The van der Waals surface area contributed by atoms with Crippen molar-refractivity contribution in [1.82, 2.24) is 5.32 Å². The second-order valence-corrected chi connectivity index (χ2v) is 3.19. The van der Waals surface area contributed by atoms with E-state index in [0.717, 1.165) is 13.1 Å². The molecule has 0 aromatic carbocycles. The van der Waals surface area contributed by atoms with E-state index in [1.54, 1.807) is 6.92 Å². The molecule has 1 atom stereocenters. The fourth-order valence-corrected chi connectivity index (χ4v) is 1.40. The first-order valence-electron chi connectivity index (χ1n) is 4.00. The fraction of sp³-hybridized carbons (Fsp3) is 1.00. The number of rotatable bonds is 2. The summed E-state index contributed by atoms with van der Waals surface area (Å²) in [6, 6.07) is -0.357. The number of piperidine rings is 1. The smallest absolute Gasteiger partial charge is 0.224 e. The lowest BCUT2D eigenvalue weighted by molar-refractivity contribution is -0.545. The van der Waals surface area contributed by atoms with Gasteiger partial charge >= 0.3 is 0 Å². The Morgan fingerprint density at radius 1 is 1.55 bits per heavy atom. The summed E-state index contributed by atoms with van der Waals surface area (Å²) in [5.74, 6) is 0. The van der Waals surface area contributed by atoms with Crippen molar-refractivity contribution >= 4 is 0 Å². The highest BCUT2D eigenvalue weighted by Crippen LogP contribution is 2.19. The van der Waals surface area contributed by atoms with Crippen molar-refractivity contribution < 1.29 is 10.3 Å². The maximum Gasteiger partial charge on any atom is 0.224 e. The molecule has 0 aliphatic carbocycles. The Morgan fingerprint density at radius 3 is 2.55 bits per heavy atom. The molecule has 11 heavy (non-hydrogen) atoms. The number of aliphatic hydroxyl groups is 1. The lowest BCUT2D eigenvalue weighted by Gasteiger charge is -2.31. The van der Waals surface area contributed by atoms with Crippen molar-refractivity contribution in [1.29, 1.82) is 0 Å². The van der Waals surface area contributed by atoms with Crippen LogP contribution < -0.4 is 10.5 Å². The summed E-state index contributed by atoms with van der Waals surface area (Å²) in [6.07, 6.45) is 1.31. The SMILES string of the molecule is CC([NH+]=O)C1(O)CCNCC1. The van der Waals surface area contributed by atoms with E-state index in [-0.39, 0.29) is 6.04 Å². The molecular formula is C7H15N2O2+. The van der Waals surface area contributed by atoms with Gasteiger partial charge in [0.25, 0.3) is 0 Å². The van der Waals surface area contributed by atoms with Gasteiger partial charge in [-0.05, 0) is 31.1 Å². The predicted octanol–water partition coefficient (Wildman–Crippen LogP) is -1.66. The quantitative estimate of drug-likeness (QED) is 0.452. The van der Waals surface area contributed by atoms with E-state index < -0.39 is 5.60 Å². The minimum Gasteiger partial charge on any atom is -0.383 e. The van der Waals surface area contributed by atoms with Crippen LogP contribution in [0.2, 0.25) is 0 Å². The zero-order valence-corrected chi connectivity index (χ0v) is 6.76. The average Bonchev–Trinajstić information content (AvgIpc) is 2.04. The summed E-state index contributed by atoms with van der Waals surface area (Å²) in [5.41, 5.74) is -0.799. The van der Waals surface area contributed by atoms with Crippen LogP contribution in [0.1, 0.15) is 19.8 Å². The number of nitroso groups, excluding NO2 is 1. The molecule has 3 N–H and O–H groups in total. The van der Waals surface area contributed by atoms with Gasteiger partial charge < -0.3 is 10.4 Å². The van der Waals surface area contributed by atoms with Gasteiger partial charge in [0.2, 0.25) is 6.04 Å². The molecule has 0 amide bonds. The molecule has 1 saturated heterocycles. The Balaban J connectivity index is 2.55. The molecule has 0 saturated carbocycles. The largest absolute Gasteiger partial charge is 0.383 e. The van der Waals surface area contributed by atoms with Gasteiger partial charge in [-0.2, -0.15) is 0 Å². The Morgan fingerprint density at radius 2 is 2.09 bits per heavy atom. The highest BCUT2D eigenvalue weighted by atomic mass is 16.3. The molecule has 1 aliphatic heterocycles. The van der Waals surface area contributed by atoms with Crippen LogP contribution >= 0.6 is 0 Å². The van der Waals surface area contributed by atoms with Crippen LogP contribution in [0.15, 0.2) is 0 Å². The van der Waals surface area contributed by atoms with Crippen molar-refractivity contribution in [2.24, 2.45) is 0 Å². The third-order valence-electron chi connectivity index (χ3n) is 2.45. The monoisotopic (exact) mass is 159 g/mol. The van der Waals surface area contributed by atoms with Crippen LogP contribution in [0.3, 0.4) is 0 Å². The minimum atomic E-state index is -0.799. The van der Waals surface area contributed by atoms with Gasteiger partial charge in [0.1, 0.15) is 5.60 Å². The predicted molar refractivity (Wildman–Crippen MR) is 40.8 cm³/mol. The van der Waals surface area contributed by atoms with Gasteiger partial charge in [0.05, 0.1) is 0 Å². The first-order valence-corrected chi connectivity index (χ1v) is 4.00. The lowest BCUT2D eigenvalue weighted by atomic mass is 9.86. The maximum absolute atomic E-state index is 10.3. The summed E-state index contributed by atoms with van der Waals surface area (Å²) in [7, 11) is 0. The molecule has 1 fully saturated rings. The third-order valence-corrected chi connectivity index (χ3v) is 2.45. The van der Waals surface area contributed by atoms with Gasteiger partial charge in [-0.1, -0.05) is 0 Å². The average molecular weight is 159 g/mol. The van der Waals surface area contributed by atoms with Gasteiger partial charge in [-0.25, -0.2) is 0 Å². The topological polar surface area (TPSA) is 63.3 Å². The Kier molecular flexibility index (Phi) is 2.57. The lowest BCUT2D eigenvalue weighted by Crippen LogP contribution is -2.79. The highest BCUT2D eigenvalue weighted by Gasteiger charge is 2.39. The van der Waals surface area contributed by atoms with Crippen LogP contribution in [0, 0.1) is 4.91 Å². The summed E-state index contributed by atoms with van der Waals surface area (Å²) in [6.45, 7) is 3.31. The third kappa shape index (κ3) is 1.75. The molecule has 1 rings (SSSR count). The highest BCUT2D eigenvalue weighted by molar-refractivity contribution is 4.87. The van der Waals surface area contributed by atoms with Crippen molar-refractivity contribution in [2.45, 2.75) is 31.4 Å². The van der Waals surface area contributed by atoms with Crippen molar-refractivity contribution in [3.8, 4) is 0 Å². The molecule has 1 unspecified atom stereocenters. The molecule has 4 nitrogen and oxygen atoms in total. The molecular weight excluding hydrogens is 144 g/mol. The van der Waals surface area contributed by atoms with Crippen LogP contribution in [0.4, 0.5) is 0 Å². The summed E-state index contributed by atoms with van der Waals surface area (Å²) >= 11 is 0. The number of nitrogens with one attached hydrogen (secondary N) is 2. The number of hydrogen-bond donors (Lipinski definition) is 3. The second kappa shape index (κ2) is 3.28. The van der Waals surface area contributed by atoms with E-state index in [1.165, 1.54) is 0 Å². The molecule has 1 heterocycles. The first kappa shape index (κ1) is 8.62.